The fourth-order valence-corrected chi connectivity index (χ4v) is 3.07. The number of hydrogen-bond donors (Lipinski definition) is 1. The highest BCUT2D eigenvalue weighted by molar-refractivity contribution is 7.92. The van der Waals surface area contributed by atoms with Gasteiger partial charge in [0.05, 0.1) is 30.7 Å². The second-order valence-corrected chi connectivity index (χ2v) is 7.09. The number of methoxy groups -OCH3 is 1. The molecule has 2 rings (SSSR count). The lowest BCUT2D eigenvalue weighted by molar-refractivity contribution is -0.114. The lowest BCUT2D eigenvalue weighted by Gasteiger charge is -2.23. The molecule has 0 saturated carbocycles. The van der Waals surface area contributed by atoms with Gasteiger partial charge >= 0.3 is 0 Å². The molecule has 0 atom stereocenters. The monoisotopic (exact) mass is 359 g/mol. The van der Waals surface area contributed by atoms with Gasteiger partial charge in [0.25, 0.3) is 0 Å². The molecule has 8 heteroatoms. The minimum atomic E-state index is -3.71. The third kappa shape index (κ3) is 4.71. The molecule has 0 aliphatic carbocycles. The van der Waals surface area contributed by atoms with Crippen molar-refractivity contribution in [3.63, 3.8) is 0 Å². The molecule has 25 heavy (non-hydrogen) atoms. The summed E-state index contributed by atoms with van der Waals surface area (Å²) in [6.07, 6.45) is 1.02. The van der Waals surface area contributed by atoms with Crippen LogP contribution in [-0.2, 0) is 14.8 Å². The number of amides is 1. The van der Waals surface area contributed by atoms with Gasteiger partial charge in [-0.3, -0.25) is 9.10 Å². The van der Waals surface area contributed by atoms with Crippen molar-refractivity contribution >= 4 is 27.3 Å². The van der Waals surface area contributed by atoms with Crippen LogP contribution in [0.2, 0.25) is 0 Å². The Labute approximate surface area is 146 Å². The van der Waals surface area contributed by atoms with E-state index in [9.17, 15) is 13.2 Å². The zero-order valence-corrected chi connectivity index (χ0v) is 14.6. The molecule has 0 aliphatic rings. The van der Waals surface area contributed by atoms with Gasteiger partial charge in [-0.05, 0) is 30.3 Å². The highest BCUT2D eigenvalue weighted by Crippen LogP contribution is 2.29. The lowest BCUT2D eigenvalue weighted by atomic mass is 10.2. The quantitative estimate of drug-likeness (QED) is 0.850. The Bertz CT molecular complexity index is 919. The minimum absolute atomic E-state index is 0.272. The summed E-state index contributed by atoms with van der Waals surface area (Å²) in [5.41, 5.74) is 1.08. The van der Waals surface area contributed by atoms with E-state index in [1.165, 1.54) is 13.2 Å². The summed E-state index contributed by atoms with van der Waals surface area (Å²) in [5, 5.41) is 11.5. The van der Waals surface area contributed by atoms with E-state index < -0.39 is 22.5 Å². The third-order valence-corrected chi connectivity index (χ3v) is 4.44. The first kappa shape index (κ1) is 18.3. The summed E-state index contributed by atoms with van der Waals surface area (Å²) in [4.78, 5) is 12.3. The smallest absolute Gasteiger partial charge is 0.245 e. The van der Waals surface area contributed by atoms with Crippen LogP contribution in [0.5, 0.6) is 5.75 Å². The molecule has 1 N–H and O–H groups in total. The van der Waals surface area contributed by atoms with Crippen LogP contribution in [-0.4, -0.2) is 34.2 Å². The Morgan fingerprint density at radius 2 is 1.96 bits per heavy atom. The van der Waals surface area contributed by atoms with Gasteiger partial charge in [-0.1, -0.05) is 18.2 Å². The molecular weight excluding hydrogens is 342 g/mol. The number of sulfonamides is 1. The standard InChI is InChI=1S/C17H17N3O4S/c1-24-16-9-4-3-8-15(16)20(25(2,22)23)12-17(21)19-14-7-5-6-13(10-14)11-18/h3-10H,12H2,1-2H3,(H,19,21). The van der Waals surface area contributed by atoms with Crippen molar-refractivity contribution in [2.75, 3.05) is 29.5 Å². The number of ether oxygens (including phenoxy) is 1. The number of carbonyl (C=O) groups excluding carboxylic acids is 1. The number of benzene rings is 2. The van der Waals surface area contributed by atoms with Gasteiger partial charge in [0.1, 0.15) is 12.3 Å². The van der Waals surface area contributed by atoms with E-state index in [2.05, 4.69) is 5.32 Å². The summed E-state index contributed by atoms with van der Waals surface area (Å²) in [6.45, 7) is -0.421. The topological polar surface area (TPSA) is 99.5 Å². The molecule has 2 aromatic rings. The molecule has 0 heterocycles. The minimum Gasteiger partial charge on any atom is -0.495 e. The fourth-order valence-electron chi connectivity index (χ4n) is 2.21. The SMILES string of the molecule is COc1ccccc1N(CC(=O)Nc1cccc(C#N)c1)S(C)(=O)=O. The van der Waals surface area contributed by atoms with Crippen molar-refractivity contribution in [1.29, 1.82) is 5.26 Å². The average molecular weight is 359 g/mol. The highest BCUT2D eigenvalue weighted by atomic mass is 32.2. The summed E-state index contributed by atoms with van der Waals surface area (Å²) in [6, 6.07) is 14.9. The Hall–Kier alpha value is -3.05. The van der Waals surface area contributed by atoms with E-state index in [4.69, 9.17) is 10.00 Å². The van der Waals surface area contributed by atoms with Gasteiger partial charge in [0.15, 0.2) is 0 Å². The Morgan fingerprint density at radius 3 is 2.60 bits per heavy atom. The first-order valence-electron chi connectivity index (χ1n) is 7.26. The van der Waals surface area contributed by atoms with Crippen LogP contribution < -0.4 is 14.4 Å². The van der Waals surface area contributed by atoms with Crippen molar-refractivity contribution in [3.05, 3.63) is 54.1 Å². The maximum Gasteiger partial charge on any atom is 0.245 e. The van der Waals surface area contributed by atoms with Crippen LogP contribution in [0.1, 0.15) is 5.56 Å². The summed E-state index contributed by atoms with van der Waals surface area (Å²) in [5.74, 6) is -0.196. The van der Waals surface area contributed by atoms with Crippen LogP contribution in [0, 0.1) is 11.3 Å². The molecule has 0 spiro atoms. The molecule has 130 valence electrons. The number of nitrogens with zero attached hydrogens (tertiary/aromatic N) is 2. The number of carbonyl (C=O) groups is 1. The van der Waals surface area contributed by atoms with Gasteiger partial charge in [0, 0.05) is 5.69 Å². The molecule has 0 fully saturated rings. The summed E-state index contributed by atoms with van der Waals surface area (Å²) < 4.78 is 30.4. The maximum atomic E-state index is 12.3. The van der Waals surface area contributed by atoms with Crippen LogP contribution in [0.3, 0.4) is 0 Å². The van der Waals surface area contributed by atoms with Crippen molar-refractivity contribution in [3.8, 4) is 11.8 Å². The molecule has 0 aromatic heterocycles. The highest BCUT2D eigenvalue weighted by Gasteiger charge is 2.23. The normalized spacial score (nSPS) is 10.6. The Balaban J connectivity index is 2.26. The van der Waals surface area contributed by atoms with Crippen LogP contribution in [0.4, 0.5) is 11.4 Å². The van der Waals surface area contributed by atoms with Crippen molar-refractivity contribution in [2.45, 2.75) is 0 Å². The molecule has 2 aromatic carbocycles. The lowest BCUT2D eigenvalue weighted by Crippen LogP contribution is -2.37. The predicted octanol–water partition coefficient (Wildman–Crippen LogP) is 1.97. The molecule has 1 amide bonds. The van der Waals surface area contributed by atoms with Gasteiger partial charge in [-0.25, -0.2) is 8.42 Å². The molecule has 0 saturated heterocycles. The first-order chi connectivity index (χ1) is 11.8. The average Bonchev–Trinajstić information content (AvgIpc) is 2.59. The van der Waals surface area contributed by atoms with E-state index in [0.29, 0.717) is 17.0 Å². The van der Waals surface area contributed by atoms with Gasteiger partial charge < -0.3 is 10.1 Å². The molecule has 7 nitrogen and oxygen atoms in total. The van der Waals surface area contributed by atoms with Gasteiger partial charge in [-0.15, -0.1) is 0 Å². The Morgan fingerprint density at radius 1 is 1.24 bits per heavy atom. The van der Waals surface area contributed by atoms with E-state index in [1.807, 2.05) is 6.07 Å². The maximum absolute atomic E-state index is 12.3. The number of hydrogen-bond acceptors (Lipinski definition) is 5. The van der Waals surface area contributed by atoms with Gasteiger partial charge in [-0.2, -0.15) is 5.26 Å². The van der Waals surface area contributed by atoms with Gasteiger partial charge in [0.2, 0.25) is 15.9 Å². The molecule has 0 unspecified atom stereocenters. The van der Waals surface area contributed by atoms with Crippen LogP contribution >= 0.6 is 0 Å². The van der Waals surface area contributed by atoms with Crippen LogP contribution in [0.15, 0.2) is 48.5 Å². The zero-order valence-electron chi connectivity index (χ0n) is 13.8. The molecular formula is C17H17N3O4S. The van der Waals surface area contributed by atoms with Crippen LogP contribution in [0.25, 0.3) is 0 Å². The third-order valence-electron chi connectivity index (χ3n) is 3.32. The molecule has 0 aliphatic heterocycles. The van der Waals surface area contributed by atoms with E-state index in [0.717, 1.165) is 10.6 Å². The second-order valence-electron chi connectivity index (χ2n) is 5.18. The number of nitrogens with one attached hydrogen (secondary N) is 1. The number of anilines is 2. The van der Waals surface area contributed by atoms with E-state index >= 15 is 0 Å². The fraction of sp³-hybridized carbons (Fsp3) is 0.176. The first-order valence-corrected chi connectivity index (χ1v) is 9.10. The van der Waals surface area contributed by atoms with Crippen molar-refractivity contribution in [2.24, 2.45) is 0 Å². The predicted molar refractivity (Wildman–Crippen MR) is 95.0 cm³/mol. The molecule has 0 bridgehead atoms. The van der Waals surface area contributed by atoms with E-state index in [-0.39, 0.29) is 5.69 Å². The van der Waals surface area contributed by atoms with E-state index in [1.54, 1.807) is 42.5 Å². The largest absolute Gasteiger partial charge is 0.495 e. The summed E-state index contributed by atoms with van der Waals surface area (Å²) in [7, 11) is -2.29. The Kier molecular flexibility index (Phi) is 5.62. The second kappa shape index (κ2) is 7.68. The van der Waals surface area contributed by atoms with Crippen molar-refractivity contribution < 1.29 is 17.9 Å². The van der Waals surface area contributed by atoms with Crippen molar-refractivity contribution in [1.82, 2.24) is 0 Å². The zero-order chi connectivity index (χ0) is 18.4. The summed E-state index contributed by atoms with van der Waals surface area (Å²) >= 11 is 0. The molecule has 0 radical (unpaired) electrons. The number of nitriles is 1. The number of para-hydroxylation sites is 2. The number of rotatable bonds is 6.